The number of carbonyl (C=O) groups excluding carboxylic acids is 1. The van der Waals surface area contributed by atoms with Crippen LogP contribution in [-0.2, 0) is 22.1 Å². The molecule has 4 rings (SSSR count). The van der Waals surface area contributed by atoms with Crippen LogP contribution in [0.3, 0.4) is 0 Å². The maximum absolute atomic E-state index is 13.2. The van der Waals surface area contributed by atoms with Crippen molar-refractivity contribution in [3.63, 3.8) is 0 Å². The van der Waals surface area contributed by atoms with Gasteiger partial charge in [-0.05, 0) is 60.1 Å². The highest BCUT2D eigenvalue weighted by molar-refractivity contribution is 7.83. The van der Waals surface area contributed by atoms with Gasteiger partial charge in [0, 0.05) is 53.9 Å². The number of rotatable bonds is 9. The van der Waals surface area contributed by atoms with Crippen molar-refractivity contribution in [1.29, 1.82) is 4.78 Å². The lowest BCUT2D eigenvalue weighted by Gasteiger charge is -2.29. The van der Waals surface area contributed by atoms with Crippen LogP contribution in [0, 0.1) is 10.7 Å². The molecule has 190 valence electrons. The van der Waals surface area contributed by atoms with Crippen LogP contribution in [0.15, 0.2) is 83.7 Å². The molecule has 3 N–H and O–H groups in total. The van der Waals surface area contributed by atoms with Crippen molar-refractivity contribution in [2.45, 2.75) is 56.6 Å². The maximum Gasteiger partial charge on any atom is 0.248 e. The number of hydrogen-bond donors (Lipinski definition) is 3. The molecule has 1 aliphatic carbocycles. The number of carbonyl (C=O) groups is 1. The predicted molar refractivity (Wildman–Crippen MR) is 148 cm³/mol. The topological polar surface area (TPSA) is 81.1 Å². The number of amides is 1. The first-order chi connectivity index (χ1) is 17.3. The maximum atomic E-state index is 13.2. The number of aromatic nitrogens is 1. The van der Waals surface area contributed by atoms with E-state index in [9.17, 15) is 4.79 Å². The molecular formula is C29H37N5OS. The van der Waals surface area contributed by atoms with Gasteiger partial charge in [0.1, 0.15) is 5.03 Å². The predicted octanol–water partition coefficient (Wildman–Crippen LogP) is 5.03. The van der Waals surface area contributed by atoms with Crippen molar-refractivity contribution in [2.75, 3.05) is 13.1 Å². The van der Waals surface area contributed by atoms with Gasteiger partial charge in [-0.1, -0.05) is 57.3 Å². The Morgan fingerprint density at radius 2 is 2.03 bits per heavy atom. The molecule has 0 bridgehead atoms. The summed E-state index contributed by atoms with van der Waals surface area (Å²) < 4.78 is 10.9. The minimum absolute atomic E-state index is 0.0284. The van der Waals surface area contributed by atoms with Crippen LogP contribution in [0.4, 0.5) is 0 Å². The van der Waals surface area contributed by atoms with Gasteiger partial charge in [0.2, 0.25) is 5.91 Å². The minimum atomic E-state index is -0.824. The molecule has 3 unspecified atom stereocenters. The molecule has 1 saturated heterocycles. The average Bonchev–Trinajstić information content (AvgIpc) is 3.23. The summed E-state index contributed by atoms with van der Waals surface area (Å²) >= 11 is 0. The molecule has 3 atom stereocenters. The van der Waals surface area contributed by atoms with Crippen LogP contribution in [0.25, 0.3) is 6.08 Å². The van der Waals surface area contributed by atoms with Crippen molar-refractivity contribution in [3.05, 3.63) is 89.8 Å². The Kier molecular flexibility index (Phi) is 8.54. The van der Waals surface area contributed by atoms with Crippen LogP contribution in [0.1, 0.15) is 44.2 Å². The number of nitrogens with zero attached hydrogens (tertiary/aromatic N) is 2. The third kappa shape index (κ3) is 6.39. The average molecular weight is 504 g/mol. The fourth-order valence-corrected chi connectivity index (χ4v) is 6.02. The lowest BCUT2D eigenvalue weighted by atomic mass is 9.98. The SMILES string of the molecule is C=C1CN(S(=N)c2ccccn2)CCCC1NC(=C)C(CC(C)C)NC(=O)C1=Cc2ccccc2C1. The van der Waals surface area contributed by atoms with Gasteiger partial charge in [-0.25, -0.2) is 9.29 Å². The van der Waals surface area contributed by atoms with Crippen LogP contribution in [0.2, 0.25) is 0 Å². The zero-order valence-corrected chi connectivity index (χ0v) is 22.1. The minimum Gasteiger partial charge on any atom is -0.381 e. The molecule has 6 nitrogen and oxygen atoms in total. The van der Waals surface area contributed by atoms with E-state index in [1.165, 1.54) is 5.56 Å². The summed E-state index contributed by atoms with van der Waals surface area (Å²) in [5.74, 6) is 0.374. The molecule has 0 spiro atoms. The first-order valence-electron chi connectivity index (χ1n) is 12.7. The first-order valence-corrected chi connectivity index (χ1v) is 13.8. The van der Waals surface area contributed by atoms with E-state index in [-0.39, 0.29) is 18.0 Å². The lowest BCUT2D eigenvalue weighted by Crippen LogP contribution is -2.44. The largest absolute Gasteiger partial charge is 0.381 e. The number of benzene rings is 1. The van der Waals surface area contributed by atoms with Gasteiger partial charge < -0.3 is 10.6 Å². The lowest BCUT2D eigenvalue weighted by molar-refractivity contribution is -0.118. The molecule has 0 radical (unpaired) electrons. The Labute approximate surface area is 217 Å². The summed E-state index contributed by atoms with van der Waals surface area (Å²) in [6.45, 7) is 14.5. The summed E-state index contributed by atoms with van der Waals surface area (Å²) in [4.78, 5) is 17.6. The summed E-state index contributed by atoms with van der Waals surface area (Å²) in [6, 6.07) is 13.8. The van der Waals surface area contributed by atoms with E-state index in [1.54, 1.807) is 6.20 Å². The summed E-state index contributed by atoms with van der Waals surface area (Å²) in [5.41, 5.74) is 4.97. The monoisotopic (exact) mass is 503 g/mol. The van der Waals surface area contributed by atoms with Crippen LogP contribution >= 0.6 is 0 Å². The van der Waals surface area contributed by atoms with E-state index >= 15 is 0 Å². The highest BCUT2D eigenvalue weighted by Crippen LogP contribution is 2.26. The number of hydrogen-bond acceptors (Lipinski definition) is 4. The summed E-state index contributed by atoms with van der Waals surface area (Å²) in [6.07, 6.45) is 7.07. The zero-order chi connectivity index (χ0) is 25.7. The summed E-state index contributed by atoms with van der Waals surface area (Å²) in [5, 5.41) is 7.63. The van der Waals surface area contributed by atoms with Gasteiger partial charge in [-0.2, -0.15) is 0 Å². The second kappa shape index (κ2) is 11.8. The fourth-order valence-electron chi connectivity index (χ4n) is 4.78. The third-order valence-corrected chi connectivity index (χ3v) is 8.18. The van der Waals surface area contributed by atoms with Crippen molar-refractivity contribution >= 4 is 22.9 Å². The standard InChI is InChI=1S/C29H37N5OS/c1-20(2)16-27(33-29(35)25-17-23-10-5-6-11-24(23)18-25)22(4)32-26-12-9-15-34(19-21(26)3)36(30)28-13-7-8-14-31-28/h5-8,10-11,13-14,17,20,26-27,30,32H,3-4,9,12,15-16,18-19H2,1-2H3,(H,33,35). The van der Waals surface area contributed by atoms with Gasteiger partial charge >= 0.3 is 0 Å². The Bertz CT molecular complexity index is 1170. The Balaban J connectivity index is 1.39. The fraction of sp³-hybridized carbons (Fsp3) is 0.379. The molecule has 2 aromatic rings. The second-order valence-corrected chi connectivity index (χ2v) is 11.5. The van der Waals surface area contributed by atoms with Crippen LogP contribution in [0.5, 0.6) is 0 Å². The Morgan fingerprint density at radius 1 is 1.25 bits per heavy atom. The van der Waals surface area contributed by atoms with Crippen molar-refractivity contribution in [2.24, 2.45) is 5.92 Å². The van der Waals surface area contributed by atoms with Crippen molar-refractivity contribution in [3.8, 4) is 0 Å². The second-order valence-electron chi connectivity index (χ2n) is 10.0. The molecule has 2 heterocycles. The van der Waals surface area contributed by atoms with E-state index in [2.05, 4.69) is 59.1 Å². The molecule has 1 aromatic heterocycles. The Morgan fingerprint density at radius 3 is 2.75 bits per heavy atom. The number of fused-ring (bicyclic) bond motifs is 1. The van der Waals surface area contributed by atoms with E-state index in [0.717, 1.165) is 53.2 Å². The quantitative estimate of drug-likeness (QED) is 0.419. The molecule has 2 aliphatic rings. The normalized spacial score (nSPS) is 19.7. The van der Waals surface area contributed by atoms with Gasteiger partial charge in [-0.3, -0.25) is 9.57 Å². The molecule has 7 heteroatoms. The molecule has 1 aromatic carbocycles. The van der Waals surface area contributed by atoms with Gasteiger partial charge in [0.05, 0.1) is 6.04 Å². The zero-order valence-electron chi connectivity index (χ0n) is 21.3. The molecule has 1 aliphatic heterocycles. The van der Waals surface area contributed by atoms with E-state index in [4.69, 9.17) is 4.78 Å². The van der Waals surface area contributed by atoms with E-state index in [1.807, 2.05) is 36.4 Å². The molecule has 1 amide bonds. The highest BCUT2D eigenvalue weighted by atomic mass is 32.2. The Hall–Kier alpha value is -3.03. The smallest absolute Gasteiger partial charge is 0.248 e. The van der Waals surface area contributed by atoms with E-state index < -0.39 is 10.9 Å². The molecule has 1 fully saturated rings. The number of nitrogens with one attached hydrogen (secondary N) is 3. The van der Waals surface area contributed by atoms with E-state index in [0.29, 0.717) is 18.9 Å². The molecular weight excluding hydrogens is 466 g/mol. The van der Waals surface area contributed by atoms with Gasteiger partial charge in [0.15, 0.2) is 0 Å². The van der Waals surface area contributed by atoms with Crippen LogP contribution < -0.4 is 10.6 Å². The van der Waals surface area contributed by atoms with Crippen molar-refractivity contribution in [1.82, 2.24) is 19.9 Å². The van der Waals surface area contributed by atoms with Gasteiger partial charge in [0.25, 0.3) is 0 Å². The number of pyridine rings is 1. The molecule has 0 saturated carbocycles. The molecule has 36 heavy (non-hydrogen) atoms. The highest BCUT2D eigenvalue weighted by Gasteiger charge is 2.27. The first kappa shape index (κ1) is 26.0. The van der Waals surface area contributed by atoms with Crippen molar-refractivity contribution < 1.29 is 4.79 Å². The third-order valence-electron chi connectivity index (χ3n) is 6.72. The van der Waals surface area contributed by atoms with Crippen LogP contribution in [-0.4, -0.2) is 40.4 Å². The summed E-state index contributed by atoms with van der Waals surface area (Å²) in [7, 11) is -0.824. The van der Waals surface area contributed by atoms with Gasteiger partial charge in [-0.15, -0.1) is 0 Å².